The Balaban J connectivity index is 2.66. The van der Waals surface area contributed by atoms with Crippen LogP contribution in [0.3, 0.4) is 0 Å². The molecule has 96 valence electrons. The van der Waals surface area contributed by atoms with Crippen LogP contribution in [-0.4, -0.2) is 16.6 Å². The first-order valence-electron chi connectivity index (χ1n) is 6.30. The number of pyridine rings is 1. The number of nitrogens with one attached hydrogen (secondary N) is 1. The van der Waals surface area contributed by atoms with Gasteiger partial charge in [-0.2, -0.15) is 0 Å². The fraction of sp³-hybridized carbons (Fsp3) is 0.643. The highest BCUT2D eigenvalue weighted by molar-refractivity contribution is 5.21. The highest BCUT2D eigenvalue weighted by Gasteiger charge is 2.17. The van der Waals surface area contributed by atoms with E-state index in [1.165, 1.54) is 5.56 Å². The Bertz CT molecular complexity index is 348. The number of ether oxygens (including phenoxy) is 1. The molecule has 0 saturated heterocycles. The highest BCUT2D eigenvalue weighted by atomic mass is 16.5. The van der Waals surface area contributed by atoms with Crippen molar-refractivity contribution in [3.63, 3.8) is 0 Å². The molecule has 1 rings (SSSR count). The SMILES string of the molecule is CCC(C)(C)Oc1cc(CNC(C)C)ccn1. The van der Waals surface area contributed by atoms with Crippen LogP contribution in [-0.2, 0) is 6.54 Å². The zero-order valence-corrected chi connectivity index (χ0v) is 11.6. The zero-order chi connectivity index (χ0) is 12.9. The van der Waals surface area contributed by atoms with E-state index in [1.807, 2.05) is 12.1 Å². The van der Waals surface area contributed by atoms with Gasteiger partial charge in [0.2, 0.25) is 5.88 Å². The molecule has 3 heteroatoms. The largest absolute Gasteiger partial charge is 0.472 e. The quantitative estimate of drug-likeness (QED) is 0.824. The molecule has 0 aliphatic heterocycles. The van der Waals surface area contributed by atoms with Crippen molar-refractivity contribution in [2.24, 2.45) is 0 Å². The molecule has 0 bridgehead atoms. The summed E-state index contributed by atoms with van der Waals surface area (Å²) >= 11 is 0. The summed E-state index contributed by atoms with van der Waals surface area (Å²) in [5.41, 5.74) is 1.05. The van der Waals surface area contributed by atoms with E-state index >= 15 is 0 Å². The lowest BCUT2D eigenvalue weighted by atomic mass is 10.1. The van der Waals surface area contributed by atoms with Gasteiger partial charge >= 0.3 is 0 Å². The molecule has 0 saturated carbocycles. The van der Waals surface area contributed by atoms with Crippen molar-refractivity contribution < 1.29 is 4.74 Å². The van der Waals surface area contributed by atoms with Crippen molar-refractivity contribution in [2.45, 2.75) is 59.2 Å². The Hall–Kier alpha value is -1.09. The molecule has 0 spiro atoms. The van der Waals surface area contributed by atoms with Gasteiger partial charge in [0.25, 0.3) is 0 Å². The van der Waals surface area contributed by atoms with E-state index < -0.39 is 0 Å². The molecule has 0 aliphatic carbocycles. The van der Waals surface area contributed by atoms with Crippen LogP contribution in [0.2, 0.25) is 0 Å². The average molecular weight is 236 g/mol. The van der Waals surface area contributed by atoms with Crippen LogP contribution in [0.4, 0.5) is 0 Å². The Morgan fingerprint density at radius 2 is 2.12 bits per heavy atom. The molecule has 1 aromatic heterocycles. The predicted molar refractivity (Wildman–Crippen MR) is 71.2 cm³/mol. The van der Waals surface area contributed by atoms with Gasteiger partial charge in [-0.3, -0.25) is 0 Å². The Morgan fingerprint density at radius 3 is 2.71 bits per heavy atom. The normalized spacial score (nSPS) is 11.9. The molecule has 3 nitrogen and oxygen atoms in total. The maximum absolute atomic E-state index is 5.86. The molecule has 17 heavy (non-hydrogen) atoms. The van der Waals surface area contributed by atoms with Gasteiger partial charge in [-0.05, 0) is 31.9 Å². The third-order valence-electron chi connectivity index (χ3n) is 2.75. The van der Waals surface area contributed by atoms with E-state index in [-0.39, 0.29) is 5.60 Å². The second-order valence-corrected chi connectivity index (χ2v) is 5.25. The van der Waals surface area contributed by atoms with Gasteiger partial charge in [0.1, 0.15) is 5.60 Å². The van der Waals surface area contributed by atoms with E-state index in [4.69, 9.17) is 4.74 Å². The third kappa shape index (κ3) is 5.18. The molecule has 1 heterocycles. The van der Waals surface area contributed by atoms with Crippen molar-refractivity contribution >= 4 is 0 Å². The topological polar surface area (TPSA) is 34.1 Å². The summed E-state index contributed by atoms with van der Waals surface area (Å²) in [6, 6.07) is 4.51. The minimum Gasteiger partial charge on any atom is -0.472 e. The zero-order valence-electron chi connectivity index (χ0n) is 11.6. The summed E-state index contributed by atoms with van der Waals surface area (Å²) in [7, 11) is 0. The molecule has 0 amide bonds. The highest BCUT2D eigenvalue weighted by Crippen LogP contribution is 2.19. The maximum atomic E-state index is 5.86. The van der Waals surface area contributed by atoms with Gasteiger partial charge < -0.3 is 10.1 Å². The van der Waals surface area contributed by atoms with Crippen LogP contribution in [0.5, 0.6) is 5.88 Å². The lowest BCUT2D eigenvalue weighted by Gasteiger charge is -2.24. The van der Waals surface area contributed by atoms with Crippen LogP contribution in [0.1, 0.15) is 46.6 Å². The molecule has 0 aromatic carbocycles. The molecular weight excluding hydrogens is 212 g/mol. The van der Waals surface area contributed by atoms with Crippen LogP contribution >= 0.6 is 0 Å². The van der Waals surface area contributed by atoms with Gasteiger partial charge in [-0.15, -0.1) is 0 Å². The predicted octanol–water partition coefficient (Wildman–Crippen LogP) is 3.15. The van der Waals surface area contributed by atoms with Crippen molar-refractivity contribution in [3.8, 4) is 5.88 Å². The van der Waals surface area contributed by atoms with E-state index in [9.17, 15) is 0 Å². The van der Waals surface area contributed by atoms with Crippen molar-refractivity contribution in [2.75, 3.05) is 0 Å². The lowest BCUT2D eigenvalue weighted by molar-refractivity contribution is 0.0989. The first kappa shape index (κ1) is 14.0. The summed E-state index contributed by atoms with van der Waals surface area (Å²) in [4.78, 5) is 4.25. The summed E-state index contributed by atoms with van der Waals surface area (Å²) in [5, 5.41) is 3.38. The first-order valence-corrected chi connectivity index (χ1v) is 6.30. The second-order valence-electron chi connectivity index (χ2n) is 5.25. The molecule has 0 aliphatic rings. The van der Waals surface area contributed by atoms with Gasteiger partial charge in [-0.1, -0.05) is 20.8 Å². The van der Waals surface area contributed by atoms with E-state index in [2.05, 4.69) is 44.9 Å². The number of rotatable bonds is 6. The average Bonchev–Trinajstić information content (AvgIpc) is 2.26. The van der Waals surface area contributed by atoms with Gasteiger partial charge in [-0.25, -0.2) is 4.98 Å². The van der Waals surface area contributed by atoms with Gasteiger partial charge in [0.05, 0.1) is 0 Å². The molecule has 1 aromatic rings. The standard InChI is InChI=1S/C14H24N2O/c1-6-14(4,5)17-13-9-12(7-8-15-13)10-16-11(2)3/h7-9,11,16H,6,10H2,1-5H3. The van der Waals surface area contributed by atoms with Crippen molar-refractivity contribution in [3.05, 3.63) is 23.9 Å². The van der Waals surface area contributed by atoms with Crippen molar-refractivity contribution in [1.82, 2.24) is 10.3 Å². The minimum absolute atomic E-state index is 0.156. The second kappa shape index (κ2) is 6.01. The molecule has 0 radical (unpaired) electrons. The number of aromatic nitrogens is 1. The maximum Gasteiger partial charge on any atom is 0.214 e. The molecule has 0 fully saturated rings. The molecular formula is C14H24N2O. The van der Waals surface area contributed by atoms with Crippen LogP contribution < -0.4 is 10.1 Å². The smallest absolute Gasteiger partial charge is 0.214 e. The number of hydrogen-bond acceptors (Lipinski definition) is 3. The molecule has 1 N–H and O–H groups in total. The van der Waals surface area contributed by atoms with Crippen LogP contribution in [0, 0.1) is 0 Å². The summed E-state index contributed by atoms with van der Waals surface area (Å²) in [6.07, 6.45) is 2.77. The Kier molecular flexibility index (Phi) is 4.94. The summed E-state index contributed by atoms with van der Waals surface area (Å²) in [5.74, 6) is 0.708. The Labute approximate surface area is 105 Å². The Morgan fingerprint density at radius 1 is 1.41 bits per heavy atom. The molecule has 0 unspecified atom stereocenters. The summed E-state index contributed by atoms with van der Waals surface area (Å²) < 4.78 is 5.86. The summed E-state index contributed by atoms with van der Waals surface area (Å²) in [6.45, 7) is 11.4. The number of hydrogen-bond donors (Lipinski definition) is 1. The van der Waals surface area contributed by atoms with E-state index in [0.29, 0.717) is 11.9 Å². The fourth-order valence-electron chi connectivity index (χ4n) is 1.29. The first-order chi connectivity index (χ1) is 7.93. The fourth-order valence-corrected chi connectivity index (χ4v) is 1.29. The number of nitrogens with zero attached hydrogens (tertiary/aromatic N) is 1. The van der Waals surface area contributed by atoms with Gasteiger partial charge in [0.15, 0.2) is 0 Å². The van der Waals surface area contributed by atoms with E-state index in [0.717, 1.165) is 13.0 Å². The van der Waals surface area contributed by atoms with Crippen LogP contribution in [0.25, 0.3) is 0 Å². The van der Waals surface area contributed by atoms with Crippen molar-refractivity contribution in [1.29, 1.82) is 0 Å². The van der Waals surface area contributed by atoms with Gasteiger partial charge in [0, 0.05) is 24.8 Å². The lowest BCUT2D eigenvalue weighted by Crippen LogP contribution is -2.27. The molecule has 0 atom stereocenters. The minimum atomic E-state index is -0.156. The monoisotopic (exact) mass is 236 g/mol. The van der Waals surface area contributed by atoms with Crippen LogP contribution in [0.15, 0.2) is 18.3 Å². The third-order valence-corrected chi connectivity index (χ3v) is 2.75. The van der Waals surface area contributed by atoms with E-state index in [1.54, 1.807) is 6.20 Å².